The highest BCUT2D eigenvalue weighted by atomic mass is 32.2. The Morgan fingerprint density at radius 1 is 1.21 bits per heavy atom. The molecule has 24 heavy (non-hydrogen) atoms. The Balaban J connectivity index is 2.46. The molecule has 1 rings (SSSR count). The molecule has 0 heterocycles. The van der Waals surface area contributed by atoms with Crippen molar-refractivity contribution in [2.45, 2.75) is 25.2 Å². The molecule has 0 bridgehead atoms. The molecular weight excluding hydrogens is 332 g/mol. The number of sulfonamides is 1. The summed E-state index contributed by atoms with van der Waals surface area (Å²) < 4.78 is 36.9. The summed E-state index contributed by atoms with van der Waals surface area (Å²) >= 11 is 0. The van der Waals surface area contributed by atoms with Gasteiger partial charge in [0.25, 0.3) is 5.91 Å². The van der Waals surface area contributed by atoms with Crippen LogP contribution in [0.2, 0.25) is 0 Å². The maximum Gasteiger partial charge on any atom is 0.257 e. The SMILES string of the molecule is COCCCNC(=O)COc1ccc(S(=O)(=O)NCC(C)C)cc1. The molecule has 0 saturated carbocycles. The van der Waals surface area contributed by atoms with Crippen molar-refractivity contribution in [2.24, 2.45) is 5.92 Å². The molecule has 136 valence electrons. The van der Waals surface area contributed by atoms with Crippen LogP contribution < -0.4 is 14.8 Å². The van der Waals surface area contributed by atoms with Gasteiger partial charge in [-0.05, 0) is 36.6 Å². The summed E-state index contributed by atoms with van der Waals surface area (Å²) in [5, 5.41) is 2.70. The number of amides is 1. The van der Waals surface area contributed by atoms with Crippen molar-refractivity contribution in [3.63, 3.8) is 0 Å². The third-order valence-corrected chi connectivity index (χ3v) is 4.47. The van der Waals surface area contributed by atoms with E-state index in [0.29, 0.717) is 25.4 Å². The molecule has 7 nitrogen and oxygen atoms in total. The van der Waals surface area contributed by atoms with Crippen LogP contribution in [0, 0.1) is 5.92 Å². The zero-order valence-corrected chi connectivity index (χ0v) is 15.2. The minimum atomic E-state index is -3.52. The Kier molecular flexibility index (Phi) is 8.73. The molecule has 1 aromatic rings. The van der Waals surface area contributed by atoms with Crippen LogP contribution in [0.25, 0.3) is 0 Å². The Morgan fingerprint density at radius 2 is 1.88 bits per heavy atom. The highest BCUT2D eigenvalue weighted by Gasteiger charge is 2.14. The van der Waals surface area contributed by atoms with Gasteiger partial charge in [0.05, 0.1) is 4.90 Å². The van der Waals surface area contributed by atoms with Crippen molar-refractivity contribution in [1.29, 1.82) is 0 Å². The van der Waals surface area contributed by atoms with E-state index < -0.39 is 10.0 Å². The predicted octanol–water partition coefficient (Wildman–Crippen LogP) is 1.15. The zero-order chi connectivity index (χ0) is 18.0. The Morgan fingerprint density at radius 3 is 2.46 bits per heavy atom. The van der Waals surface area contributed by atoms with Gasteiger partial charge >= 0.3 is 0 Å². The second-order valence-corrected chi connectivity index (χ2v) is 7.47. The normalized spacial score (nSPS) is 11.5. The third kappa shape index (κ3) is 7.76. The fourth-order valence-electron chi connectivity index (χ4n) is 1.72. The lowest BCUT2D eigenvalue weighted by Crippen LogP contribution is -2.30. The van der Waals surface area contributed by atoms with Crippen LogP contribution >= 0.6 is 0 Å². The van der Waals surface area contributed by atoms with Crippen LogP contribution in [0.1, 0.15) is 20.3 Å². The van der Waals surface area contributed by atoms with Crippen molar-refractivity contribution >= 4 is 15.9 Å². The third-order valence-electron chi connectivity index (χ3n) is 3.03. The molecule has 0 spiro atoms. The average molecular weight is 358 g/mol. The molecule has 0 aliphatic carbocycles. The summed E-state index contributed by atoms with van der Waals surface area (Å²) in [4.78, 5) is 11.7. The molecule has 0 radical (unpaired) electrons. The summed E-state index contributed by atoms with van der Waals surface area (Å²) in [6.07, 6.45) is 0.734. The first-order valence-electron chi connectivity index (χ1n) is 7.83. The molecule has 0 aromatic heterocycles. The summed E-state index contributed by atoms with van der Waals surface area (Å²) in [7, 11) is -1.91. The molecule has 8 heteroatoms. The molecule has 2 N–H and O–H groups in total. The number of carbonyl (C=O) groups excluding carboxylic acids is 1. The first-order chi connectivity index (χ1) is 11.3. The Labute approximate surface area is 143 Å². The van der Waals surface area contributed by atoms with Gasteiger partial charge in [-0.2, -0.15) is 0 Å². The van der Waals surface area contributed by atoms with Crippen molar-refractivity contribution in [1.82, 2.24) is 10.0 Å². The molecule has 0 atom stereocenters. The number of hydrogen-bond acceptors (Lipinski definition) is 5. The number of rotatable bonds is 11. The van der Waals surface area contributed by atoms with E-state index in [0.717, 1.165) is 6.42 Å². The van der Waals surface area contributed by atoms with Gasteiger partial charge in [0.1, 0.15) is 5.75 Å². The maximum absolute atomic E-state index is 12.1. The van der Waals surface area contributed by atoms with Crippen LogP contribution in [0.3, 0.4) is 0 Å². The average Bonchev–Trinajstić information content (AvgIpc) is 2.55. The topological polar surface area (TPSA) is 93.7 Å². The van der Waals surface area contributed by atoms with Gasteiger partial charge in [0, 0.05) is 26.8 Å². The van der Waals surface area contributed by atoms with Crippen molar-refractivity contribution < 1.29 is 22.7 Å². The summed E-state index contributed by atoms with van der Waals surface area (Å²) in [5.41, 5.74) is 0. The molecule has 0 saturated heterocycles. The summed E-state index contributed by atoms with van der Waals surface area (Å²) in [6.45, 7) is 5.23. The zero-order valence-electron chi connectivity index (χ0n) is 14.4. The lowest BCUT2D eigenvalue weighted by Gasteiger charge is -2.10. The second kappa shape index (κ2) is 10.3. The molecular formula is C16H26N2O5S. The van der Waals surface area contributed by atoms with Gasteiger partial charge in [-0.3, -0.25) is 4.79 Å². The molecule has 1 amide bonds. The monoisotopic (exact) mass is 358 g/mol. The quantitative estimate of drug-likeness (QED) is 0.579. The fraction of sp³-hybridized carbons (Fsp3) is 0.562. The fourth-order valence-corrected chi connectivity index (χ4v) is 2.93. The van der Waals surface area contributed by atoms with Crippen LogP contribution in [0.4, 0.5) is 0 Å². The van der Waals surface area contributed by atoms with E-state index in [2.05, 4.69) is 10.0 Å². The number of ether oxygens (including phenoxy) is 2. The van der Waals surface area contributed by atoms with Crippen LogP contribution in [0.5, 0.6) is 5.75 Å². The summed E-state index contributed by atoms with van der Waals surface area (Å²) in [6, 6.07) is 5.97. The van der Waals surface area contributed by atoms with Crippen molar-refractivity contribution in [3.05, 3.63) is 24.3 Å². The number of benzene rings is 1. The van der Waals surface area contributed by atoms with Gasteiger partial charge < -0.3 is 14.8 Å². The van der Waals surface area contributed by atoms with E-state index in [4.69, 9.17) is 9.47 Å². The summed E-state index contributed by atoms with van der Waals surface area (Å²) in [5.74, 6) is 0.427. The lowest BCUT2D eigenvalue weighted by atomic mass is 10.2. The van der Waals surface area contributed by atoms with E-state index in [1.807, 2.05) is 13.8 Å². The van der Waals surface area contributed by atoms with Gasteiger partial charge in [-0.1, -0.05) is 13.8 Å². The van der Waals surface area contributed by atoms with E-state index in [9.17, 15) is 13.2 Å². The highest BCUT2D eigenvalue weighted by molar-refractivity contribution is 7.89. The molecule has 0 aliphatic rings. The largest absolute Gasteiger partial charge is 0.484 e. The van der Waals surface area contributed by atoms with E-state index >= 15 is 0 Å². The van der Waals surface area contributed by atoms with Crippen LogP contribution in [-0.4, -0.2) is 47.7 Å². The Hall–Kier alpha value is -1.64. The van der Waals surface area contributed by atoms with E-state index in [-0.39, 0.29) is 23.3 Å². The molecule has 0 unspecified atom stereocenters. The lowest BCUT2D eigenvalue weighted by molar-refractivity contribution is -0.123. The maximum atomic E-state index is 12.1. The second-order valence-electron chi connectivity index (χ2n) is 5.70. The smallest absolute Gasteiger partial charge is 0.257 e. The minimum absolute atomic E-state index is 0.120. The van der Waals surface area contributed by atoms with E-state index in [1.54, 1.807) is 7.11 Å². The van der Waals surface area contributed by atoms with Gasteiger partial charge in [0.2, 0.25) is 10.0 Å². The first-order valence-corrected chi connectivity index (χ1v) is 9.31. The molecule has 0 aliphatic heterocycles. The predicted molar refractivity (Wildman–Crippen MR) is 91.5 cm³/mol. The molecule has 1 aromatic carbocycles. The Bertz CT molecular complexity index is 599. The first kappa shape index (κ1) is 20.4. The van der Waals surface area contributed by atoms with E-state index in [1.165, 1.54) is 24.3 Å². The van der Waals surface area contributed by atoms with Crippen LogP contribution in [0.15, 0.2) is 29.2 Å². The van der Waals surface area contributed by atoms with Crippen LogP contribution in [-0.2, 0) is 19.6 Å². The van der Waals surface area contributed by atoms with Crippen molar-refractivity contribution in [3.8, 4) is 5.75 Å². The number of hydrogen-bond donors (Lipinski definition) is 2. The highest BCUT2D eigenvalue weighted by Crippen LogP contribution is 2.16. The molecule has 0 fully saturated rings. The van der Waals surface area contributed by atoms with Crippen molar-refractivity contribution in [2.75, 3.05) is 33.4 Å². The van der Waals surface area contributed by atoms with Gasteiger partial charge in [-0.25, -0.2) is 13.1 Å². The standard InChI is InChI=1S/C16H26N2O5S/c1-13(2)11-18-24(20,21)15-7-5-14(6-8-15)23-12-16(19)17-9-4-10-22-3/h5-8,13,18H,4,9-12H2,1-3H3,(H,17,19). The number of nitrogens with one attached hydrogen (secondary N) is 2. The van der Waals surface area contributed by atoms with Gasteiger partial charge in [-0.15, -0.1) is 0 Å². The minimum Gasteiger partial charge on any atom is -0.484 e. The number of methoxy groups -OCH3 is 1. The van der Waals surface area contributed by atoms with Gasteiger partial charge in [0.15, 0.2) is 6.61 Å². The number of carbonyl (C=O) groups is 1.